The Kier molecular flexibility index (Phi) is 6.53. The lowest BCUT2D eigenvalue weighted by Gasteiger charge is -2.12. The first kappa shape index (κ1) is 18.5. The summed E-state index contributed by atoms with van der Waals surface area (Å²) in [6.07, 6.45) is 8.02. The molecular formula is C23H26N2. The Balaban J connectivity index is 2.17. The van der Waals surface area contributed by atoms with Crippen molar-refractivity contribution in [3.63, 3.8) is 0 Å². The van der Waals surface area contributed by atoms with Gasteiger partial charge in [-0.25, -0.2) is 4.98 Å². The predicted molar refractivity (Wildman–Crippen MR) is 110 cm³/mol. The van der Waals surface area contributed by atoms with Crippen molar-refractivity contribution in [1.82, 2.24) is 4.98 Å². The summed E-state index contributed by atoms with van der Waals surface area (Å²) in [5.41, 5.74) is 6.99. The Morgan fingerprint density at radius 3 is 2.28 bits per heavy atom. The van der Waals surface area contributed by atoms with Crippen molar-refractivity contribution >= 4 is 17.1 Å². The second kappa shape index (κ2) is 8.84. The van der Waals surface area contributed by atoms with E-state index in [2.05, 4.69) is 74.1 Å². The molecule has 25 heavy (non-hydrogen) atoms. The average Bonchev–Trinajstić information content (AvgIpc) is 2.65. The number of pyridine rings is 1. The summed E-state index contributed by atoms with van der Waals surface area (Å²) in [6.45, 7) is 12.6. The van der Waals surface area contributed by atoms with Gasteiger partial charge in [0, 0.05) is 11.9 Å². The van der Waals surface area contributed by atoms with Crippen LogP contribution in [0.4, 0.5) is 5.82 Å². The van der Waals surface area contributed by atoms with E-state index >= 15 is 0 Å². The Morgan fingerprint density at radius 2 is 1.68 bits per heavy atom. The number of hydrogen-bond donors (Lipinski definition) is 1. The van der Waals surface area contributed by atoms with Gasteiger partial charge in [-0.2, -0.15) is 0 Å². The van der Waals surface area contributed by atoms with Crippen LogP contribution in [0.5, 0.6) is 0 Å². The molecule has 0 radical (unpaired) electrons. The van der Waals surface area contributed by atoms with E-state index in [0.29, 0.717) is 0 Å². The molecule has 0 saturated heterocycles. The minimum Gasteiger partial charge on any atom is -0.340 e. The number of aromatic nitrogens is 1. The van der Waals surface area contributed by atoms with Gasteiger partial charge in [0.1, 0.15) is 5.82 Å². The van der Waals surface area contributed by atoms with E-state index in [1.165, 1.54) is 22.3 Å². The van der Waals surface area contributed by atoms with E-state index in [4.69, 9.17) is 0 Å². The summed E-state index contributed by atoms with van der Waals surface area (Å²) in [6, 6.07) is 14.2. The molecule has 2 nitrogen and oxygen atoms in total. The first-order valence-electron chi connectivity index (χ1n) is 8.48. The van der Waals surface area contributed by atoms with Crippen LogP contribution in [0.2, 0.25) is 0 Å². The molecule has 0 aliphatic heterocycles. The molecule has 2 aromatic rings. The summed E-state index contributed by atoms with van der Waals surface area (Å²) in [5, 5.41) is 3.24. The lowest BCUT2D eigenvalue weighted by Crippen LogP contribution is -1.99. The van der Waals surface area contributed by atoms with Crippen molar-refractivity contribution in [2.45, 2.75) is 27.7 Å². The summed E-state index contributed by atoms with van der Waals surface area (Å²) >= 11 is 0. The highest BCUT2D eigenvalue weighted by Gasteiger charge is 2.04. The first-order valence-corrected chi connectivity index (χ1v) is 8.48. The molecule has 1 N–H and O–H groups in total. The van der Waals surface area contributed by atoms with Crippen molar-refractivity contribution in [3.8, 4) is 0 Å². The molecule has 2 heteroatoms. The van der Waals surface area contributed by atoms with E-state index in [1.807, 2.05) is 31.2 Å². The zero-order chi connectivity index (χ0) is 18.2. The minimum absolute atomic E-state index is 0.799. The third-order valence-corrected chi connectivity index (χ3v) is 4.30. The summed E-state index contributed by atoms with van der Waals surface area (Å²) in [5.74, 6) is 0.799. The quantitative estimate of drug-likeness (QED) is 0.613. The molecule has 0 bridgehead atoms. The Morgan fingerprint density at radius 1 is 1.00 bits per heavy atom. The molecule has 0 saturated carbocycles. The van der Waals surface area contributed by atoms with Crippen LogP contribution in [0.3, 0.4) is 0 Å². The van der Waals surface area contributed by atoms with Crippen molar-refractivity contribution in [2.24, 2.45) is 0 Å². The van der Waals surface area contributed by atoms with E-state index in [9.17, 15) is 0 Å². The fourth-order valence-electron chi connectivity index (χ4n) is 2.46. The Labute approximate surface area is 151 Å². The largest absolute Gasteiger partial charge is 0.340 e. The molecule has 1 heterocycles. The lowest BCUT2D eigenvalue weighted by molar-refractivity contribution is 1.31. The summed E-state index contributed by atoms with van der Waals surface area (Å²) < 4.78 is 0. The Bertz CT molecular complexity index is 807. The average molecular weight is 330 g/mol. The van der Waals surface area contributed by atoms with Crippen LogP contribution in [-0.4, -0.2) is 4.98 Å². The number of nitrogens with zero attached hydrogens (tertiary/aromatic N) is 1. The number of allylic oxidation sites excluding steroid dienone is 6. The predicted octanol–water partition coefficient (Wildman–Crippen LogP) is 6.48. The molecule has 128 valence electrons. The molecule has 0 fully saturated rings. The van der Waals surface area contributed by atoms with E-state index in [-0.39, 0.29) is 0 Å². The van der Waals surface area contributed by atoms with Crippen LogP contribution in [0.15, 0.2) is 84.6 Å². The highest BCUT2D eigenvalue weighted by atomic mass is 15.0. The highest BCUT2D eigenvalue weighted by molar-refractivity contribution is 5.76. The van der Waals surface area contributed by atoms with E-state index in [0.717, 1.165) is 17.1 Å². The lowest BCUT2D eigenvalue weighted by atomic mass is 9.96. The second-order valence-corrected chi connectivity index (χ2v) is 6.02. The number of rotatable bonds is 6. The van der Waals surface area contributed by atoms with Crippen molar-refractivity contribution in [1.29, 1.82) is 0 Å². The van der Waals surface area contributed by atoms with Gasteiger partial charge >= 0.3 is 0 Å². The fourth-order valence-corrected chi connectivity index (χ4v) is 2.46. The van der Waals surface area contributed by atoms with Gasteiger partial charge in [-0.15, -0.1) is 0 Å². The maximum absolute atomic E-state index is 4.27. The van der Waals surface area contributed by atoms with Crippen LogP contribution in [0.25, 0.3) is 11.3 Å². The van der Waals surface area contributed by atoms with Gasteiger partial charge in [0.15, 0.2) is 0 Å². The molecule has 0 aliphatic carbocycles. The molecule has 1 aromatic heterocycles. The van der Waals surface area contributed by atoms with Gasteiger partial charge < -0.3 is 5.32 Å². The van der Waals surface area contributed by atoms with Crippen LogP contribution < -0.4 is 5.32 Å². The zero-order valence-electron chi connectivity index (χ0n) is 15.5. The monoisotopic (exact) mass is 330 g/mol. The van der Waals surface area contributed by atoms with Gasteiger partial charge in [-0.05, 0) is 67.7 Å². The van der Waals surface area contributed by atoms with Gasteiger partial charge in [0.25, 0.3) is 0 Å². The topological polar surface area (TPSA) is 24.9 Å². The van der Waals surface area contributed by atoms with Crippen molar-refractivity contribution in [2.75, 3.05) is 5.32 Å². The molecule has 1 aromatic carbocycles. The second-order valence-electron chi connectivity index (χ2n) is 6.02. The first-order chi connectivity index (χ1) is 12.0. The third kappa shape index (κ3) is 5.05. The maximum Gasteiger partial charge on any atom is 0.130 e. The third-order valence-electron chi connectivity index (χ3n) is 4.30. The van der Waals surface area contributed by atoms with Gasteiger partial charge in [0.05, 0.1) is 0 Å². The summed E-state index contributed by atoms with van der Waals surface area (Å²) in [7, 11) is 0. The van der Waals surface area contributed by atoms with Crippen LogP contribution >= 0.6 is 0 Å². The maximum atomic E-state index is 4.27. The number of nitrogens with one attached hydrogen (secondary N) is 1. The molecule has 2 rings (SSSR count). The normalized spacial score (nSPS) is 12.9. The van der Waals surface area contributed by atoms with Gasteiger partial charge in [0.2, 0.25) is 0 Å². The van der Waals surface area contributed by atoms with E-state index < -0.39 is 0 Å². The summed E-state index contributed by atoms with van der Waals surface area (Å²) in [4.78, 5) is 4.27. The smallest absolute Gasteiger partial charge is 0.130 e. The van der Waals surface area contributed by atoms with Crippen LogP contribution in [-0.2, 0) is 0 Å². The standard InChI is InChI=1S/C23H26N2/c1-6-7-10-17(2)18(3)19(4)21-12-14-22(15-13-21)20(5)25-23-11-8-9-16-24-23/h6-16H,5H2,1-4H3,(H,24,25)/b7-6-,17-10-,19-18-. The number of hydrogen-bond acceptors (Lipinski definition) is 2. The highest BCUT2D eigenvalue weighted by Crippen LogP contribution is 2.25. The van der Waals surface area contributed by atoms with Crippen molar-refractivity contribution in [3.05, 3.63) is 95.7 Å². The Hall–Kier alpha value is -2.87. The van der Waals surface area contributed by atoms with Gasteiger partial charge in [-0.3, -0.25) is 0 Å². The molecule has 0 aliphatic rings. The number of benzene rings is 1. The molecule has 0 spiro atoms. The van der Waals surface area contributed by atoms with Crippen molar-refractivity contribution < 1.29 is 0 Å². The van der Waals surface area contributed by atoms with Crippen LogP contribution in [0.1, 0.15) is 38.8 Å². The van der Waals surface area contributed by atoms with Gasteiger partial charge in [-0.1, -0.05) is 55.1 Å². The SMILES string of the molecule is C=C(Nc1ccccn1)c1ccc(\C(C)=C(C)/C(C)=C\C=C/C)cc1. The minimum atomic E-state index is 0.799. The zero-order valence-corrected chi connectivity index (χ0v) is 15.5. The fraction of sp³-hybridized carbons (Fsp3) is 0.174. The number of anilines is 1. The molecule has 0 unspecified atom stereocenters. The molecule has 0 amide bonds. The van der Waals surface area contributed by atoms with E-state index in [1.54, 1.807) is 6.20 Å². The molecular weight excluding hydrogens is 304 g/mol. The molecule has 0 atom stereocenters. The van der Waals surface area contributed by atoms with Crippen LogP contribution in [0, 0.1) is 0 Å².